The summed E-state index contributed by atoms with van der Waals surface area (Å²) < 4.78 is 0. The number of aliphatic hydroxyl groups excluding tert-OH is 1. The molecule has 0 aromatic heterocycles. The zero-order valence-corrected chi connectivity index (χ0v) is 18.7. The number of hydrogen-bond donors (Lipinski definition) is 1. The van der Waals surface area contributed by atoms with Gasteiger partial charge in [-0.15, -0.1) is 0 Å². The molecule has 8 atom stereocenters. The molecule has 0 saturated heterocycles. The molecule has 3 fully saturated rings. The summed E-state index contributed by atoms with van der Waals surface area (Å²) in [6.45, 7) is 9.35. The molecular weight excluding hydrogens is 344 g/mol. The number of ketones is 1. The summed E-state index contributed by atoms with van der Waals surface area (Å²) in [5, 5.41) is 10.2. The van der Waals surface area contributed by atoms with Gasteiger partial charge in [0.1, 0.15) is 5.78 Å². The van der Waals surface area contributed by atoms with Crippen LogP contribution in [0.4, 0.5) is 0 Å². The maximum atomic E-state index is 11.3. The van der Waals surface area contributed by atoms with Gasteiger partial charge in [0.25, 0.3) is 0 Å². The molecule has 0 heterocycles. The van der Waals surface area contributed by atoms with E-state index in [1.165, 1.54) is 44.9 Å². The van der Waals surface area contributed by atoms with Gasteiger partial charge in [0.2, 0.25) is 0 Å². The fraction of sp³-hybridized carbons (Fsp3) is 0.885. The van der Waals surface area contributed by atoms with Gasteiger partial charge >= 0.3 is 0 Å². The first-order chi connectivity index (χ1) is 13.3. The van der Waals surface area contributed by atoms with Gasteiger partial charge in [-0.1, -0.05) is 38.8 Å². The van der Waals surface area contributed by atoms with E-state index in [-0.39, 0.29) is 6.10 Å². The molecule has 0 unspecified atom stereocenters. The van der Waals surface area contributed by atoms with Crippen molar-refractivity contribution in [1.29, 1.82) is 0 Å². The van der Waals surface area contributed by atoms with Crippen LogP contribution in [-0.2, 0) is 4.79 Å². The summed E-state index contributed by atoms with van der Waals surface area (Å²) in [5.74, 6) is 4.52. The molecule has 4 aliphatic rings. The number of rotatable bonds is 5. The van der Waals surface area contributed by atoms with Gasteiger partial charge in [-0.2, -0.15) is 0 Å². The van der Waals surface area contributed by atoms with Crippen molar-refractivity contribution in [3.8, 4) is 0 Å². The van der Waals surface area contributed by atoms with E-state index in [1.54, 1.807) is 12.5 Å². The molecule has 2 heteroatoms. The predicted molar refractivity (Wildman–Crippen MR) is 115 cm³/mol. The van der Waals surface area contributed by atoms with Gasteiger partial charge in [-0.3, -0.25) is 0 Å². The monoisotopic (exact) mass is 386 g/mol. The number of allylic oxidation sites excluding steroid dienone is 1. The summed E-state index contributed by atoms with van der Waals surface area (Å²) in [4.78, 5) is 11.3. The molecule has 0 spiro atoms. The first-order valence-electron chi connectivity index (χ1n) is 12.1. The summed E-state index contributed by atoms with van der Waals surface area (Å²) in [6, 6.07) is 0. The van der Waals surface area contributed by atoms with Crippen molar-refractivity contribution < 1.29 is 9.90 Å². The Hall–Kier alpha value is -0.630. The average molecular weight is 387 g/mol. The van der Waals surface area contributed by atoms with Crippen LogP contribution in [-0.4, -0.2) is 17.0 Å². The highest BCUT2D eigenvalue weighted by Crippen LogP contribution is 2.67. The highest BCUT2D eigenvalue weighted by Gasteiger charge is 2.59. The van der Waals surface area contributed by atoms with E-state index >= 15 is 0 Å². The molecule has 158 valence electrons. The second-order valence-electron chi connectivity index (χ2n) is 11.5. The molecule has 3 saturated carbocycles. The van der Waals surface area contributed by atoms with Crippen molar-refractivity contribution in [3.05, 3.63) is 11.6 Å². The van der Waals surface area contributed by atoms with Crippen LogP contribution in [0.25, 0.3) is 0 Å². The maximum Gasteiger partial charge on any atom is 0.129 e. The Labute approximate surface area is 172 Å². The van der Waals surface area contributed by atoms with Crippen LogP contribution in [0, 0.1) is 40.4 Å². The van der Waals surface area contributed by atoms with E-state index in [0.717, 1.165) is 55.3 Å². The van der Waals surface area contributed by atoms with Crippen molar-refractivity contribution >= 4 is 5.78 Å². The van der Waals surface area contributed by atoms with E-state index in [9.17, 15) is 9.90 Å². The lowest BCUT2D eigenvalue weighted by Gasteiger charge is -2.58. The maximum absolute atomic E-state index is 11.3. The minimum atomic E-state index is -0.101. The van der Waals surface area contributed by atoms with Crippen LogP contribution in [0.5, 0.6) is 0 Å². The Bertz CT molecular complexity index is 636. The Morgan fingerprint density at radius 1 is 1.18 bits per heavy atom. The first kappa shape index (κ1) is 20.6. The Balaban J connectivity index is 1.50. The van der Waals surface area contributed by atoms with Crippen LogP contribution in [0.1, 0.15) is 98.3 Å². The second kappa shape index (κ2) is 7.56. The normalized spacial score (nSPS) is 46.2. The second-order valence-corrected chi connectivity index (χ2v) is 11.5. The first-order valence-corrected chi connectivity index (χ1v) is 12.1. The number of carbonyl (C=O) groups is 1. The van der Waals surface area contributed by atoms with Gasteiger partial charge < -0.3 is 9.90 Å². The third-order valence-electron chi connectivity index (χ3n) is 10.0. The quantitative estimate of drug-likeness (QED) is 0.561. The molecule has 0 amide bonds. The van der Waals surface area contributed by atoms with Crippen LogP contribution in [0.2, 0.25) is 0 Å². The highest BCUT2D eigenvalue weighted by atomic mass is 16.3. The lowest BCUT2D eigenvalue weighted by atomic mass is 9.47. The van der Waals surface area contributed by atoms with Crippen molar-refractivity contribution in [2.24, 2.45) is 40.4 Å². The number of hydrogen-bond acceptors (Lipinski definition) is 2. The summed E-state index contributed by atoms with van der Waals surface area (Å²) in [6.07, 6.45) is 15.5. The molecule has 4 aliphatic carbocycles. The minimum Gasteiger partial charge on any atom is -0.393 e. The van der Waals surface area contributed by atoms with Crippen molar-refractivity contribution in [2.75, 3.05) is 0 Å². The van der Waals surface area contributed by atoms with Crippen molar-refractivity contribution in [3.63, 3.8) is 0 Å². The number of fused-ring (bicyclic) bond motifs is 5. The molecule has 2 nitrogen and oxygen atoms in total. The highest BCUT2D eigenvalue weighted by molar-refractivity contribution is 5.75. The summed E-state index contributed by atoms with van der Waals surface area (Å²) in [7, 11) is 0. The minimum absolute atomic E-state index is 0.101. The lowest BCUT2D eigenvalue weighted by Crippen LogP contribution is -2.50. The summed E-state index contributed by atoms with van der Waals surface area (Å²) in [5.41, 5.74) is 2.45. The molecule has 4 rings (SSSR count). The largest absolute Gasteiger partial charge is 0.393 e. The fourth-order valence-corrected chi connectivity index (χ4v) is 8.49. The molecule has 28 heavy (non-hydrogen) atoms. The van der Waals surface area contributed by atoms with Gasteiger partial charge in [0.15, 0.2) is 0 Å². The van der Waals surface area contributed by atoms with Gasteiger partial charge in [-0.25, -0.2) is 0 Å². The fourth-order valence-electron chi connectivity index (χ4n) is 8.49. The smallest absolute Gasteiger partial charge is 0.129 e. The molecule has 1 N–H and O–H groups in total. The van der Waals surface area contributed by atoms with Crippen molar-refractivity contribution in [1.82, 2.24) is 0 Å². The van der Waals surface area contributed by atoms with Crippen LogP contribution >= 0.6 is 0 Å². The van der Waals surface area contributed by atoms with Gasteiger partial charge in [-0.05, 0) is 105 Å². The van der Waals surface area contributed by atoms with Crippen LogP contribution in [0.3, 0.4) is 0 Å². The Kier molecular flexibility index (Phi) is 5.57. The predicted octanol–water partition coefficient (Wildman–Crippen LogP) is 6.32. The van der Waals surface area contributed by atoms with Crippen molar-refractivity contribution in [2.45, 2.75) is 104 Å². The molecule has 0 aromatic rings. The van der Waals surface area contributed by atoms with E-state index < -0.39 is 0 Å². The molecule has 0 aromatic carbocycles. The Morgan fingerprint density at radius 2 is 1.96 bits per heavy atom. The van der Waals surface area contributed by atoms with E-state index in [1.807, 2.05) is 0 Å². The molecule has 0 aliphatic heterocycles. The van der Waals surface area contributed by atoms with E-state index in [0.29, 0.717) is 16.6 Å². The molecular formula is C26H42O2. The third kappa shape index (κ3) is 3.32. The zero-order chi connectivity index (χ0) is 20.1. The standard InChI is InChI=1S/C26H42O2/c1-17(6-5-7-18(2)27)22-10-11-23-21-9-8-19-16-20(28)12-14-25(19,3)24(21)13-15-26(22,23)4/h8,17,20-24,28H,5-7,9-16H2,1-4H3/t17-,20-,21+,22+,23-,24-,25+,26-/m1/s1. The van der Waals surface area contributed by atoms with Crippen LogP contribution in [0.15, 0.2) is 11.6 Å². The topological polar surface area (TPSA) is 37.3 Å². The van der Waals surface area contributed by atoms with Gasteiger partial charge in [0, 0.05) is 6.42 Å². The SMILES string of the molecule is CC(=O)CCC[C@@H](C)[C@@H]1CC[C@@H]2[C@@H]3CC=C4C[C@H](O)CC[C@]4(C)[C@@H]3CC[C@@]21C. The third-order valence-corrected chi connectivity index (χ3v) is 10.0. The van der Waals surface area contributed by atoms with Crippen LogP contribution < -0.4 is 0 Å². The lowest BCUT2D eigenvalue weighted by molar-refractivity contribution is -0.117. The summed E-state index contributed by atoms with van der Waals surface area (Å²) >= 11 is 0. The number of Topliss-reactive ketones (excluding diaryl/α,β-unsaturated/α-hetero) is 1. The zero-order valence-electron chi connectivity index (χ0n) is 18.7. The van der Waals surface area contributed by atoms with Gasteiger partial charge in [0.05, 0.1) is 6.10 Å². The molecule has 0 bridgehead atoms. The Morgan fingerprint density at radius 3 is 2.71 bits per heavy atom. The van der Waals surface area contributed by atoms with E-state index in [4.69, 9.17) is 0 Å². The van der Waals surface area contributed by atoms with E-state index in [2.05, 4.69) is 26.8 Å². The number of aliphatic hydroxyl groups is 1. The number of carbonyl (C=O) groups excluding carboxylic acids is 1. The molecule has 0 radical (unpaired) electrons. The average Bonchev–Trinajstić information content (AvgIpc) is 2.99.